The van der Waals surface area contributed by atoms with E-state index in [2.05, 4.69) is 9.98 Å². The molecular formula is C23H16N2Na3O5PS3. The molecule has 5 rings (SSSR count). The predicted octanol–water partition coefficient (Wildman–Crippen LogP) is -4.39. The average molecular weight is 597 g/mol. The van der Waals surface area contributed by atoms with Crippen LogP contribution in [0.1, 0.15) is 18.9 Å². The zero-order chi connectivity index (χ0) is 24.1. The zero-order valence-electron chi connectivity index (χ0n) is 20.9. The second-order valence-corrected chi connectivity index (χ2v) is 12.7. The monoisotopic (exact) mass is 596 g/mol. The van der Waals surface area contributed by atoms with E-state index >= 15 is 0 Å². The molecule has 0 N–H and O–H groups in total. The first-order valence-corrected chi connectivity index (χ1v) is 14.0. The van der Waals surface area contributed by atoms with Gasteiger partial charge in [0.25, 0.3) is 0 Å². The van der Waals surface area contributed by atoms with E-state index in [1.54, 1.807) is 6.07 Å². The summed E-state index contributed by atoms with van der Waals surface area (Å²) < 4.78 is 16.6. The third-order valence-corrected chi connectivity index (χ3v) is 8.82. The Kier molecular flexibility index (Phi) is 12.4. The molecule has 4 aromatic rings. The number of thioether (sulfide) groups is 2. The fraction of sp³-hybridized carbons (Fsp3) is 0.130. The minimum atomic E-state index is -5.34. The van der Waals surface area contributed by atoms with E-state index in [0.29, 0.717) is 26.2 Å². The predicted molar refractivity (Wildman–Crippen MR) is 133 cm³/mol. The number of nitrogens with zero attached hydrogens (tertiary/aromatic N) is 2. The first kappa shape index (κ1) is 33.9. The maximum Gasteiger partial charge on any atom is 1.00 e. The molecule has 0 spiro atoms. The number of aliphatic imine (C=N–C) groups is 1. The largest absolute Gasteiger partial charge is 1.00 e. The van der Waals surface area contributed by atoms with Gasteiger partial charge in [-0.25, -0.2) is 9.98 Å². The van der Waals surface area contributed by atoms with Crippen LogP contribution >= 0.6 is 42.7 Å². The molecule has 0 radical (unpaired) electrons. The molecule has 0 saturated carbocycles. The number of phosphoric ester groups is 1. The smallest absolute Gasteiger partial charge is 0.872 e. The van der Waals surface area contributed by atoms with Crippen molar-refractivity contribution in [2.45, 2.75) is 23.5 Å². The van der Waals surface area contributed by atoms with Gasteiger partial charge in [0.05, 0.1) is 15.0 Å². The Labute approximate surface area is 293 Å². The molecule has 3 aromatic carbocycles. The molecule has 0 fully saturated rings. The zero-order valence-corrected chi connectivity index (χ0v) is 30.2. The molecule has 0 aliphatic carbocycles. The van der Waals surface area contributed by atoms with Crippen LogP contribution in [0.25, 0.3) is 21.0 Å². The first-order chi connectivity index (χ1) is 16.1. The van der Waals surface area contributed by atoms with Gasteiger partial charge in [-0.15, -0.1) is 17.1 Å². The van der Waals surface area contributed by atoms with E-state index < -0.39 is 12.6 Å². The van der Waals surface area contributed by atoms with E-state index in [1.165, 1.54) is 35.2 Å². The number of aromatic nitrogens is 1. The van der Waals surface area contributed by atoms with Crippen LogP contribution in [0.2, 0.25) is 0 Å². The van der Waals surface area contributed by atoms with Crippen LogP contribution in [0.5, 0.6) is 5.75 Å². The van der Waals surface area contributed by atoms with E-state index in [1.807, 2.05) is 56.3 Å². The van der Waals surface area contributed by atoms with E-state index in [4.69, 9.17) is 4.52 Å². The minimum Gasteiger partial charge on any atom is -0.872 e. The number of hydrogen-bond acceptors (Lipinski definition) is 10. The van der Waals surface area contributed by atoms with Crippen molar-refractivity contribution in [3.05, 3.63) is 76.5 Å². The molecule has 37 heavy (non-hydrogen) atoms. The summed E-state index contributed by atoms with van der Waals surface area (Å²) in [7, 11) is -5.34. The summed E-state index contributed by atoms with van der Waals surface area (Å²) >= 11 is 3.76. The van der Waals surface area contributed by atoms with Crippen molar-refractivity contribution < 1.29 is 113 Å². The Hall–Kier alpha value is 0.670. The Bertz CT molecular complexity index is 1560. The van der Waals surface area contributed by atoms with Crippen LogP contribution in [0, 0.1) is 0 Å². The maximum absolute atomic E-state index is 11.7. The average Bonchev–Trinajstić information content (AvgIpc) is 3.32. The number of thiazole rings is 1. The third kappa shape index (κ3) is 8.12. The number of benzene rings is 3. The van der Waals surface area contributed by atoms with Gasteiger partial charge >= 0.3 is 88.7 Å². The Morgan fingerprint density at radius 2 is 1.70 bits per heavy atom. The van der Waals surface area contributed by atoms with Crippen molar-refractivity contribution in [2.24, 2.45) is 4.99 Å². The van der Waals surface area contributed by atoms with Gasteiger partial charge in [0.2, 0.25) is 0 Å². The van der Waals surface area contributed by atoms with Crippen molar-refractivity contribution in [3.8, 4) is 5.75 Å². The van der Waals surface area contributed by atoms with Crippen LogP contribution in [-0.4, -0.2) is 14.8 Å². The molecule has 0 amide bonds. The van der Waals surface area contributed by atoms with Gasteiger partial charge in [-0.3, -0.25) is 0 Å². The van der Waals surface area contributed by atoms with E-state index in [9.17, 15) is 19.5 Å². The number of rotatable bonds is 5. The first-order valence-electron chi connectivity index (χ1n) is 10.1. The van der Waals surface area contributed by atoms with Crippen LogP contribution in [0.15, 0.2) is 81.3 Å². The van der Waals surface area contributed by atoms with Gasteiger partial charge in [0.15, 0.2) is 5.09 Å². The van der Waals surface area contributed by atoms with Crippen molar-refractivity contribution in [3.63, 3.8) is 0 Å². The maximum atomic E-state index is 11.7. The van der Waals surface area contributed by atoms with Gasteiger partial charge in [-0.05, 0) is 42.8 Å². The standard InChI is InChI=1S/C23H19N2O5PS3.3Na/c1-23(2)19(25-21(34-23)20-24-17-10-8-15(26)12-18(17)33-20)22(30-31(27,28)29)32-16-9-7-13-5-3-4-6-14(13)11-16;;;/h3-12,26H,1-2H3,(H2,27,28,29);;;/q;3*+1/p-3/b22-19+;;;. The van der Waals surface area contributed by atoms with Crippen molar-refractivity contribution in [1.29, 1.82) is 0 Å². The minimum absolute atomic E-state index is 0. The molecule has 0 bridgehead atoms. The van der Waals surface area contributed by atoms with E-state index in [-0.39, 0.29) is 99.5 Å². The van der Waals surface area contributed by atoms with Crippen LogP contribution in [0.3, 0.4) is 0 Å². The molecule has 1 aliphatic rings. The van der Waals surface area contributed by atoms with Gasteiger partial charge in [0.1, 0.15) is 23.6 Å². The number of fused-ring (bicyclic) bond motifs is 2. The Morgan fingerprint density at radius 1 is 1.00 bits per heavy atom. The fourth-order valence-electron chi connectivity index (χ4n) is 3.48. The van der Waals surface area contributed by atoms with Gasteiger partial charge in [-0.1, -0.05) is 66.0 Å². The summed E-state index contributed by atoms with van der Waals surface area (Å²) in [6.45, 7) is 3.74. The Balaban J connectivity index is 0.00000160. The summed E-state index contributed by atoms with van der Waals surface area (Å²) in [4.78, 5) is 33.2. The van der Waals surface area contributed by atoms with Gasteiger partial charge in [-0.2, -0.15) is 0 Å². The van der Waals surface area contributed by atoms with Crippen LogP contribution in [0.4, 0.5) is 0 Å². The van der Waals surface area contributed by atoms with Crippen LogP contribution < -0.4 is 104 Å². The molecule has 0 atom stereocenters. The molecule has 7 nitrogen and oxygen atoms in total. The molecule has 0 unspecified atom stereocenters. The summed E-state index contributed by atoms with van der Waals surface area (Å²) in [5.74, 6) is -0.103. The van der Waals surface area contributed by atoms with Crippen molar-refractivity contribution in [1.82, 2.24) is 4.98 Å². The second kappa shape index (κ2) is 13.6. The fourth-order valence-corrected chi connectivity index (χ4v) is 7.31. The summed E-state index contributed by atoms with van der Waals surface area (Å²) in [5, 5.41) is 14.8. The summed E-state index contributed by atoms with van der Waals surface area (Å²) in [6, 6.07) is 18.1. The molecule has 14 heteroatoms. The van der Waals surface area contributed by atoms with Crippen molar-refractivity contribution in [2.75, 3.05) is 0 Å². The molecule has 1 aromatic heterocycles. The second-order valence-electron chi connectivity index (χ2n) is 7.96. The SMILES string of the molecule is CC1(C)SC(c2nc3ccc([O-])cc3s2)=N/C1=C(\OP(=O)([O-])[O-])Sc1ccc2ccccc2c1.[Na+].[Na+].[Na+]. The molecule has 174 valence electrons. The Morgan fingerprint density at radius 3 is 2.41 bits per heavy atom. The normalized spacial score (nSPS) is 15.8. The topological polar surface area (TPSA) is 121 Å². The van der Waals surface area contributed by atoms with Gasteiger partial charge < -0.3 is 24.0 Å². The molecule has 2 heterocycles. The number of phosphoric acid groups is 1. The van der Waals surface area contributed by atoms with Crippen LogP contribution in [-0.2, 0) is 9.09 Å². The third-order valence-electron chi connectivity index (χ3n) is 5.00. The molecule has 1 aliphatic heterocycles. The summed E-state index contributed by atoms with van der Waals surface area (Å²) in [5.41, 5.74) is 1.02. The van der Waals surface area contributed by atoms with Crippen molar-refractivity contribution >= 4 is 68.7 Å². The van der Waals surface area contributed by atoms with E-state index in [0.717, 1.165) is 27.2 Å². The quantitative estimate of drug-likeness (QED) is 0.0982. The molecular weight excluding hydrogens is 580 g/mol. The molecule has 0 saturated heterocycles. The summed E-state index contributed by atoms with van der Waals surface area (Å²) in [6.07, 6.45) is 0. The van der Waals surface area contributed by atoms with Gasteiger partial charge in [0, 0.05) is 4.90 Å². The number of hydrogen-bond donors (Lipinski definition) is 0.